The molecule has 1 N–H and O–H groups in total. The molecule has 0 unspecified atom stereocenters. The van der Waals surface area contributed by atoms with Gasteiger partial charge in [0.15, 0.2) is 0 Å². The third-order valence-electron chi connectivity index (χ3n) is 3.58. The molecular weight excluding hydrogens is 270 g/mol. The van der Waals surface area contributed by atoms with Crippen LogP contribution in [0.3, 0.4) is 0 Å². The van der Waals surface area contributed by atoms with Crippen molar-refractivity contribution < 1.29 is 19.1 Å². The van der Waals surface area contributed by atoms with Crippen molar-refractivity contribution in [3.63, 3.8) is 0 Å². The smallest absolute Gasteiger partial charge is 0.328 e. The summed E-state index contributed by atoms with van der Waals surface area (Å²) in [6.07, 6.45) is 3.62. The van der Waals surface area contributed by atoms with Gasteiger partial charge in [-0.1, -0.05) is 24.3 Å². The molecule has 2 rings (SSSR count). The van der Waals surface area contributed by atoms with Crippen molar-refractivity contribution in [3.05, 3.63) is 47.5 Å². The predicted octanol–water partition coefficient (Wildman–Crippen LogP) is 1.49. The van der Waals surface area contributed by atoms with E-state index in [1.54, 1.807) is 30.3 Å². The number of carbonyl (C=O) groups excluding carboxylic acids is 3. The lowest BCUT2D eigenvalue weighted by Gasteiger charge is -2.22. The second-order valence-corrected chi connectivity index (χ2v) is 4.94. The van der Waals surface area contributed by atoms with Crippen LogP contribution in [0.1, 0.15) is 23.2 Å². The van der Waals surface area contributed by atoms with Crippen molar-refractivity contribution in [1.82, 2.24) is 5.32 Å². The molecule has 0 bridgehead atoms. The lowest BCUT2D eigenvalue weighted by atomic mass is 9.95. The Kier molecular flexibility index (Phi) is 4.87. The van der Waals surface area contributed by atoms with Gasteiger partial charge in [0.25, 0.3) is 5.91 Å². The maximum Gasteiger partial charge on any atom is 0.328 e. The number of carbonyl (C=O) groups is 3. The summed E-state index contributed by atoms with van der Waals surface area (Å²) in [6.45, 7) is 0. The van der Waals surface area contributed by atoms with Crippen LogP contribution in [0, 0.1) is 5.92 Å². The lowest BCUT2D eigenvalue weighted by Crippen LogP contribution is -2.46. The van der Waals surface area contributed by atoms with Gasteiger partial charge in [0.1, 0.15) is 12.3 Å². The summed E-state index contributed by atoms with van der Waals surface area (Å²) in [5.41, 5.74) is 1.14. The molecule has 0 heterocycles. The van der Waals surface area contributed by atoms with Crippen LogP contribution in [0.5, 0.6) is 0 Å². The minimum atomic E-state index is -0.753. The first-order chi connectivity index (χ1) is 10.2. The van der Waals surface area contributed by atoms with E-state index in [1.807, 2.05) is 6.07 Å². The molecule has 0 fully saturated rings. The second kappa shape index (κ2) is 6.83. The predicted molar refractivity (Wildman–Crippen MR) is 76.6 cm³/mol. The highest BCUT2D eigenvalue weighted by molar-refractivity contribution is 5.96. The fraction of sp³-hybridized carbons (Fsp3) is 0.312. The van der Waals surface area contributed by atoms with E-state index in [0.29, 0.717) is 24.0 Å². The van der Waals surface area contributed by atoms with Crippen molar-refractivity contribution in [2.45, 2.75) is 18.9 Å². The number of hydrogen-bond acceptors (Lipinski definition) is 4. The van der Waals surface area contributed by atoms with Crippen LogP contribution >= 0.6 is 0 Å². The van der Waals surface area contributed by atoms with Gasteiger partial charge in [-0.3, -0.25) is 9.59 Å². The van der Waals surface area contributed by atoms with E-state index in [-0.39, 0.29) is 11.8 Å². The fourth-order valence-corrected chi connectivity index (χ4v) is 2.43. The molecule has 1 aliphatic carbocycles. The quantitative estimate of drug-likeness (QED) is 0.658. The zero-order chi connectivity index (χ0) is 15.2. The van der Waals surface area contributed by atoms with E-state index >= 15 is 0 Å². The molecule has 0 saturated heterocycles. The van der Waals surface area contributed by atoms with E-state index in [1.165, 1.54) is 7.11 Å². The van der Waals surface area contributed by atoms with Gasteiger partial charge >= 0.3 is 5.97 Å². The number of ether oxygens (including phenoxy) is 1. The second-order valence-electron chi connectivity index (χ2n) is 4.94. The van der Waals surface area contributed by atoms with E-state index in [4.69, 9.17) is 4.74 Å². The minimum Gasteiger partial charge on any atom is -0.467 e. The Labute approximate surface area is 123 Å². The minimum absolute atomic E-state index is 0.148. The van der Waals surface area contributed by atoms with E-state index in [0.717, 1.165) is 6.29 Å². The molecule has 5 nitrogen and oxygen atoms in total. The summed E-state index contributed by atoms with van der Waals surface area (Å²) in [4.78, 5) is 34.9. The molecule has 0 radical (unpaired) electrons. The van der Waals surface area contributed by atoms with Crippen LogP contribution in [-0.2, 0) is 14.3 Å². The molecule has 1 aromatic carbocycles. The molecule has 2 atom stereocenters. The highest BCUT2D eigenvalue weighted by Crippen LogP contribution is 2.27. The first kappa shape index (κ1) is 15.0. The number of benzene rings is 1. The molecule has 21 heavy (non-hydrogen) atoms. The number of hydrogen-bond donors (Lipinski definition) is 1. The van der Waals surface area contributed by atoms with Crippen molar-refractivity contribution >= 4 is 18.2 Å². The number of esters is 1. The molecule has 1 aromatic rings. The summed E-state index contributed by atoms with van der Waals surface area (Å²) in [5.74, 6) is -0.972. The Hall–Kier alpha value is -2.43. The topological polar surface area (TPSA) is 72.5 Å². The molecule has 0 spiro atoms. The number of aldehydes is 1. The molecule has 1 amide bonds. The van der Waals surface area contributed by atoms with Gasteiger partial charge in [-0.15, -0.1) is 0 Å². The first-order valence-corrected chi connectivity index (χ1v) is 6.73. The largest absolute Gasteiger partial charge is 0.467 e. The SMILES string of the molecule is COC(=O)[C@H](NC(=O)c1ccccc1)[C@@H]1CC=C(C=O)C1. The number of nitrogens with one attached hydrogen (secondary N) is 1. The average Bonchev–Trinajstić information content (AvgIpc) is 3.01. The Morgan fingerprint density at radius 3 is 2.62 bits per heavy atom. The van der Waals surface area contributed by atoms with Gasteiger partial charge in [0.2, 0.25) is 0 Å². The van der Waals surface area contributed by atoms with Gasteiger partial charge in [-0.25, -0.2) is 4.79 Å². The summed E-state index contributed by atoms with van der Waals surface area (Å²) in [5, 5.41) is 2.71. The number of methoxy groups -OCH3 is 1. The lowest BCUT2D eigenvalue weighted by molar-refractivity contribution is -0.144. The van der Waals surface area contributed by atoms with Crippen molar-refractivity contribution in [2.24, 2.45) is 5.92 Å². The maximum atomic E-state index is 12.2. The molecule has 0 aliphatic heterocycles. The van der Waals surface area contributed by atoms with Gasteiger partial charge in [0, 0.05) is 5.56 Å². The third-order valence-corrected chi connectivity index (χ3v) is 3.58. The molecule has 110 valence electrons. The van der Waals surface area contributed by atoms with Gasteiger partial charge in [0.05, 0.1) is 7.11 Å². The summed E-state index contributed by atoms with van der Waals surface area (Å²) in [6, 6.07) is 7.91. The van der Waals surface area contributed by atoms with Crippen LogP contribution < -0.4 is 5.32 Å². The number of amides is 1. The Morgan fingerprint density at radius 1 is 1.33 bits per heavy atom. The molecule has 5 heteroatoms. The van der Waals surface area contributed by atoms with Crippen LogP contribution in [0.4, 0.5) is 0 Å². The van der Waals surface area contributed by atoms with E-state index in [2.05, 4.69) is 5.32 Å². The third kappa shape index (κ3) is 3.56. The van der Waals surface area contributed by atoms with Gasteiger partial charge in [-0.05, 0) is 36.5 Å². The molecule has 0 aromatic heterocycles. The highest BCUT2D eigenvalue weighted by Gasteiger charge is 2.33. The van der Waals surface area contributed by atoms with Crippen LogP contribution in [0.25, 0.3) is 0 Å². The van der Waals surface area contributed by atoms with Crippen molar-refractivity contribution in [3.8, 4) is 0 Å². The summed E-state index contributed by atoms with van der Waals surface area (Å²) in [7, 11) is 1.28. The van der Waals surface area contributed by atoms with Crippen molar-refractivity contribution in [1.29, 1.82) is 0 Å². The molecular formula is C16H17NO4. The normalized spacial score (nSPS) is 18.5. The zero-order valence-corrected chi connectivity index (χ0v) is 11.7. The zero-order valence-electron chi connectivity index (χ0n) is 11.7. The van der Waals surface area contributed by atoms with E-state index < -0.39 is 12.0 Å². The van der Waals surface area contributed by atoms with Crippen LogP contribution in [0.2, 0.25) is 0 Å². The Bertz CT molecular complexity index is 565. The summed E-state index contributed by atoms with van der Waals surface area (Å²) >= 11 is 0. The monoisotopic (exact) mass is 287 g/mol. The first-order valence-electron chi connectivity index (χ1n) is 6.73. The summed E-state index contributed by atoms with van der Waals surface area (Å²) < 4.78 is 4.77. The molecule has 1 aliphatic rings. The number of allylic oxidation sites excluding steroid dienone is 2. The van der Waals surface area contributed by atoms with Crippen molar-refractivity contribution in [2.75, 3.05) is 7.11 Å². The van der Waals surface area contributed by atoms with Crippen LogP contribution in [0.15, 0.2) is 42.0 Å². The maximum absolute atomic E-state index is 12.2. The Balaban J connectivity index is 2.09. The van der Waals surface area contributed by atoms with Crippen LogP contribution in [-0.4, -0.2) is 31.3 Å². The number of rotatable bonds is 5. The fourth-order valence-electron chi connectivity index (χ4n) is 2.43. The van der Waals surface area contributed by atoms with E-state index in [9.17, 15) is 14.4 Å². The van der Waals surface area contributed by atoms with Gasteiger partial charge in [-0.2, -0.15) is 0 Å². The standard InChI is InChI=1S/C16H17NO4/c1-21-16(20)14(13-8-7-11(9-13)10-18)17-15(19)12-5-3-2-4-6-12/h2-7,10,13-14H,8-9H2,1H3,(H,17,19)/t13-,14-/m1/s1. The highest BCUT2D eigenvalue weighted by atomic mass is 16.5. The van der Waals surface area contributed by atoms with Gasteiger partial charge < -0.3 is 10.1 Å². The average molecular weight is 287 g/mol. The molecule has 0 saturated carbocycles. The Morgan fingerprint density at radius 2 is 2.05 bits per heavy atom.